The van der Waals surface area contributed by atoms with Crippen molar-refractivity contribution < 1.29 is 19.1 Å². The minimum Gasteiger partial charge on any atom is -0.374 e. The molecule has 0 radical (unpaired) electrons. The van der Waals surface area contributed by atoms with Crippen molar-refractivity contribution in [2.45, 2.75) is 38.2 Å². The first-order chi connectivity index (χ1) is 14.1. The Morgan fingerprint density at radius 1 is 1.17 bits per heavy atom. The maximum Gasteiger partial charge on any atom is 0.273 e. The standard InChI is InChI=1S/C20H28N4O4S/c25-18-3-1-6-22(18)7-2-8-23-9-16(28-12-15-4-5-15)10-24(11-19(23)26)20(27)17-13-29-14-21-17/h13-16H,1-12H2. The van der Waals surface area contributed by atoms with Crippen LogP contribution >= 0.6 is 11.3 Å². The number of likely N-dealkylation sites (tertiary alicyclic amines) is 1. The first-order valence-corrected chi connectivity index (χ1v) is 11.4. The van der Waals surface area contributed by atoms with Crippen LogP contribution in [0.1, 0.15) is 42.6 Å². The first-order valence-electron chi connectivity index (χ1n) is 10.4. The van der Waals surface area contributed by atoms with Crippen LogP contribution in [-0.2, 0) is 14.3 Å². The fraction of sp³-hybridized carbons (Fsp3) is 0.700. The fourth-order valence-corrected chi connectivity index (χ4v) is 4.41. The SMILES string of the molecule is O=C1CCCN1CCCN1CC(OCC2CC2)CN(C(=O)c2cscn2)CC1=O. The summed E-state index contributed by atoms with van der Waals surface area (Å²) in [6.45, 7) is 3.68. The molecule has 0 spiro atoms. The number of aromatic nitrogens is 1. The number of carbonyl (C=O) groups is 3. The second-order valence-electron chi connectivity index (χ2n) is 8.14. The second-order valence-corrected chi connectivity index (χ2v) is 8.85. The molecule has 1 aliphatic carbocycles. The van der Waals surface area contributed by atoms with E-state index >= 15 is 0 Å². The van der Waals surface area contributed by atoms with Gasteiger partial charge in [0.15, 0.2) is 0 Å². The third kappa shape index (κ3) is 5.33. The highest BCUT2D eigenvalue weighted by Gasteiger charge is 2.33. The van der Waals surface area contributed by atoms with Gasteiger partial charge < -0.3 is 19.4 Å². The van der Waals surface area contributed by atoms with Gasteiger partial charge in [-0.2, -0.15) is 0 Å². The average molecular weight is 421 g/mol. The van der Waals surface area contributed by atoms with Gasteiger partial charge in [-0.3, -0.25) is 14.4 Å². The van der Waals surface area contributed by atoms with Crippen LogP contribution in [0.5, 0.6) is 0 Å². The highest BCUT2D eigenvalue weighted by Crippen LogP contribution is 2.29. The lowest BCUT2D eigenvalue weighted by Gasteiger charge is -2.25. The Bertz CT molecular complexity index is 737. The van der Waals surface area contributed by atoms with Gasteiger partial charge in [-0.05, 0) is 31.6 Å². The molecule has 0 bridgehead atoms. The molecule has 1 aromatic rings. The number of thiazole rings is 1. The topological polar surface area (TPSA) is 83.1 Å². The Balaban J connectivity index is 1.37. The van der Waals surface area contributed by atoms with Crippen LogP contribution in [0.15, 0.2) is 10.9 Å². The van der Waals surface area contributed by atoms with E-state index in [2.05, 4.69) is 4.98 Å². The largest absolute Gasteiger partial charge is 0.374 e. The molecule has 4 rings (SSSR count). The molecule has 29 heavy (non-hydrogen) atoms. The molecule has 2 aliphatic heterocycles. The molecule has 1 unspecified atom stereocenters. The van der Waals surface area contributed by atoms with Gasteiger partial charge in [0.1, 0.15) is 12.2 Å². The van der Waals surface area contributed by atoms with Crippen molar-refractivity contribution in [3.05, 3.63) is 16.6 Å². The van der Waals surface area contributed by atoms with Crippen molar-refractivity contribution in [1.82, 2.24) is 19.7 Å². The minimum atomic E-state index is -0.218. The maximum absolute atomic E-state index is 12.9. The molecule has 3 fully saturated rings. The molecule has 3 amide bonds. The summed E-state index contributed by atoms with van der Waals surface area (Å²) in [5.41, 5.74) is 2.00. The van der Waals surface area contributed by atoms with Crippen LogP contribution in [0.2, 0.25) is 0 Å². The Labute approximate surface area is 174 Å². The van der Waals surface area contributed by atoms with Crippen LogP contribution in [-0.4, -0.2) is 89.4 Å². The van der Waals surface area contributed by atoms with E-state index in [0.717, 1.165) is 19.4 Å². The molecule has 1 saturated carbocycles. The fourth-order valence-electron chi connectivity index (χ4n) is 3.88. The molecule has 2 saturated heterocycles. The van der Waals surface area contributed by atoms with Crippen molar-refractivity contribution in [2.75, 3.05) is 45.9 Å². The summed E-state index contributed by atoms with van der Waals surface area (Å²) in [4.78, 5) is 46.8. The lowest BCUT2D eigenvalue weighted by Crippen LogP contribution is -2.40. The van der Waals surface area contributed by atoms with Crippen LogP contribution in [0, 0.1) is 5.92 Å². The third-order valence-electron chi connectivity index (χ3n) is 5.76. The van der Waals surface area contributed by atoms with Crippen molar-refractivity contribution >= 4 is 29.1 Å². The molecule has 1 aromatic heterocycles. The maximum atomic E-state index is 12.9. The van der Waals surface area contributed by atoms with Crippen LogP contribution < -0.4 is 0 Å². The highest BCUT2D eigenvalue weighted by molar-refractivity contribution is 7.07. The summed E-state index contributed by atoms with van der Waals surface area (Å²) in [5.74, 6) is 0.534. The van der Waals surface area contributed by atoms with Gasteiger partial charge in [-0.1, -0.05) is 0 Å². The average Bonchev–Trinajstić information content (AvgIpc) is 3.25. The summed E-state index contributed by atoms with van der Waals surface area (Å²) in [5, 5.41) is 1.71. The zero-order valence-electron chi connectivity index (χ0n) is 16.6. The number of amides is 3. The van der Waals surface area contributed by atoms with E-state index in [1.165, 1.54) is 24.2 Å². The van der Waals surface area contributed by atoms with Gasteiger partial charge in [-0.15, -0.1) is 11.3 Å². The van der Waals surface area contributed by atoms with E-state index in [9.17, 15) is 14.4 Å². The van der Waals surface area contributed by atoms with E-state index in [-0.39, 0.29) is 30.4 Å². The molecule has 3 heterocycles. The zero-order valence-corrected chi connectivity index (χ0v) is 17.4. The number of nitrogens with zero attached hydrogens (tertiary/aromatic N) is 4. The summed E-state index contributed by atoms with van der Waals surface area (Å²) in [6.07, 6.45) is 4.49. The van der Waals surface area contributed by atoms with Gasteiger partial charge in [0, 0.05) is 51.1 Å². The van der Waals surface area contributed by atoms with E-state index in [4.69, 9.17) is 4.74 Å². The van der Waals surface area contributed by atoms with Crippen molar-refractivity contribution in [1.29, 1.82) is 0 Å². The zero-order chi connectivity index (χ0) is 20.2. The lowest BCUT2D eigenvalue weighted by molar-refractivity contribution is -0.131. The monoisotopic (exact) mass is 420 g/mol. The number of carbonyl (C=O) groups excluding carboxylic acids is 3. The number of hydrogen-bond acceptors (Lipinski definition) is 6. The second kappa shape index (κ2) is 9.21. The summed E-state index contributed by atoms with van der Waals surface area (Å²) < 4.78 is 6.09. The molecule has 0 N–H and O–H groups in total. The van der Waals surface area contributed by atoms with Crippen molar-refractivity contribution in [3.63, 3.8) is 0 Å². The predicted molar refractivity (Wildman–Crippen MR) is 107 cm³/mol. The van der Waals surface area contributed by atoms with E-state index in [1.807, 2.05) is 4.90 Å². The molecule has 8 nitrogen and oxygen atoms in total. The van der Waals surface area contributed by atoms with E-state index < -0.39 is 0 Å². The quantitative estimate of drug-likeness (QED) is 0.632. The van der Waals surface area contributed by atoms with Gasteiger partial charge >= 0.3 is 0 Å². The Kier molecular flexibility index (Phi) is 6.44. The number of rotatable bonds is 8. The number of ether oxygens (including phenoxy) is 1. The molecule has 3 aliphatic rings. The van der Waals surface area contributed by atoms with E-state index in [0.29, 0.717) is 50.8 Å². The molecule has 0 aromatic carbocycles. The van der Waals surface area contributed by atoms with Gasteiger partial charge in [-0.25, -0.2) is 4.98 Å². The minimum absolute atomic E-state index is 0.0439. The lowest BCUT2D eigenvalue weighted by atomic mass is 10.2. The van der Waals surface area contributed by atoms with Crippen LogP contribution in [0.3, 0.4) is 0 Å². The smallest absolute Gasteiger partial charge is 0.273 e. The molecule has 158 valence electrons. The predicted octanol–water partition coefficient (Wildman–Crippen LogP) is 1.24. The van der Waals surface area contributed by atoms with E-state index in [1.54, 1.807) is 20.7 Å². The summed E-state index contributed by atoms with van der Waals surface area (Å²) in [6, 6.07) is 0. The van der Waals surface area contributed by atoms with Crippen molar-refractivity contribution in [2.24, 2.45) is 5.92 Å². The van der Waals surface area contributed by atoms with Crippen LogP contribution in [0.4, 0.5) is 0 Å². The summed E-state index contributed by atoms with van der Waals surface area (Å²) >= 11 is 1.37. The summed E-state index contributed by atoms with van der Waals surface area (Å²) in [7, 11) is 0. The Morgan fingerprint density at radius 2 is 2.00 bits per heavy atom. The molecule has 1 atom stereocenters. The normalized spacial score (nSPS) is 23.0. The van der Waals surface area contributed by atoms with Gasteiger partial charge in [0.2, 0.25) is 11.8 Å². The van der Waals surface area contributed by atoms with Crippen LogP contribution in [0.25, 0.3) is 0 Å². The first kappa shape index (κ1) is 20.3. The highest BCUT2D eigenvalue weighted by atomic mass is 32.1. The number of hydrogen-bond donors (Lipinski definition) is 0. The Hall–Kier alpha value is -2.00. The third-order valence-corrected chi connectivity index (χ3v) is 6.34. The van der Waals surface area contributed by atoms with Crippen molar-refractivity contribution in [3.8, 4) is 0 Å². The van der Waals surface area contributed by atoms with Gasteiger partial charge in [0.05, 0.1) is 11.6 Å². The van der Waals surface area contributed by atoms with Gasteiger partial charge in [0.25, 0.3) is 5.91 Å². The molecular weight excluding hydrogens is 392 g/mol. The Morgan fingerprint density at radius 3 is 2.69 bits per heavy atom. The molecule has 9 heteroatoms. The molecular formula is C20H28N4O4S.